The number of pyridine rings is 1. The highest BCUT2D eigenvalue weighted by Crippen LogP contribution is 2.42. The fraction of sp³-hybridized carbons (Fsp3) is 0.136. The second kappa shape index (κ2) is 9.85. The molecule has 0 atom stereocenters. The lowest BCUT2D eigenvalue weighted by atomic mass is 9.95. The number of ether oxygens (including phenoxy) is 2. The molecule has 0 saturated carbocycles. The van der Waals surface area contributed by atoms with Crippen molar-refractivity contribution in [1.82, 2.24) is 4.98 Å². The Morgan fingerprint density at radius 2 is 1.70 bits per heavy atom. The van der Waals surface area contributed by atoms with E-state index in [1.165, 1.54) is 12.1 Å². The predicted molar refractivity (Wildman–Crippen MR) is 123 cm³/mol. The molecule has 3 rings (SSSR count). The first kappa shape index (κ1) is 24.0. The first-order chi connectivity index (χ1) is 15.6. The van der Waals surface area contributed by atoms with E-state index in [9.17, 15) is 24.6 Å². The van der Waals surface area contributed by atoms with Crippen LogP contribution < -0.4 is 20.8 Å². The summed E-state index contributed by atoms with van der Waals surface area (Å²) in [5, 5.41) is 19.7. The third kappa shape index (κ3) is 4.89. The average molecular weight is 493 g/mol. The van der Waals surface area contributed by atoms with Crippen molar-refractivity contribution in [2.75, 3.05) is 12.3 Å². The third-order valence-corrected chi connectivity index (χ3v) is 5.25. The lowest BCUT2D eigenvalue weighted by molar-refractivity contribution is 0.0695. The van der Waals surface area contributed by atoms with E-state index >= 15 is 0 Å². The van der Waals surface area contributed by atoms with Gasteiger partial charge < -0.3 is 30.4 Å². The summed E-state index contributed by atoms with van der Waals surface area (Å²) in [4.78, 5) is 38.0. The quantitative estimate of drug-likeness (QED) is 0.362. The molecule has 11 heteroatoms. The summed E-state index contributed by atoms with van der Waals surface area (Å²) in [6.45, 7) is 1.95. The molecule has 0 aliphatic heterocycles. The summed E-state index contributed by atoms with van der Waals surface area (Å²) < 4.78 is 11.4. The molecule has 1 heterocycles. The Morgan fingerprint density at radius 3 is 2.30 bits per heavy atom. The Bertz CT molecular complexity index is 1300. The number of hydrogen-bond acceptors (Lipinski definition) is 6. The van der Waals surface area contributed by atoms with E-state index in [-0.39, 0.29) is 35.3 Å². The molecule has 0 radical (unpaired) electrons. The summed E-state index contributed by atoms with van der Waals surface area (Å²) in [5.74, 6) is -3.43. The number of nitrogens with one attached hydrogen (secondary N) is 1. The van der Waals surface area contributed by atoms with Gasteiger partial charge in [0, 0.05) is 16.1 Å². The Hall–Kier alpha value is -3.69. The molecule has 0 saturated heterocycles. The van der Waals surface area contributed by atoms with E-state index in [1.54, 1.807) is 31.2 Å². The van der Waals surface area contributed by atoms with Crippen LogP contribution >= 0.6 is 23.2 Å². The van der Waals surface area contributed by atoms with Crippen LogP contribution in [0.5, 0.6) is 11.5 Å². The minimum absolute atomic E-state index is 0.00106. The van der Waals surface area contributed by atoms with Crippen LogP contribution in [-0.2, 0) is 6.61 Å². The van der Waals surface area contributed by atoms with Gasteiger partial charge in [0.05, 0.1) is 11.6 Å². The van der Waals surface area contributed by atoms with Crippen molar-refractivity contribution in [3.63, 3.8) is 0 Å². The highest BCUT2D eigenvalue weighted by Gasteiger charge is 2.28. The highest BCUT2D eigenvalue weighted by molar-refractivity contribution is 6.33. The predicted octanol–water partition coefficient (Wildman–Crippen LogP) is 4.31. The molecule has 0 aliphatic carbocycles. The maximum Gasteiger partial charge on any atom is 0.342 e. The fourth-order valence-corrected chi connectivity index (χ4v) is 3.67. The van der Waals surface area contributed by atoms with Gasteiger partial charge in [-0.2, -0.15) is 0 Å². The zero-order valence-electron chi connectivity index (χ0n) is 17.1. The van der Waals surface area contributed by atoms with E-state index in [4.69, 9.17) is 38.4 Å². The number of hydrogen-bond donors (Lipinski definition) is 4. The Kier molecular flexibility index (Phi) is 7.15. The van der Waals surface area contributed by atoms with Crippen LogP contribution in [0, 0.1) is 0 Å². The van der Waals surface area contributed by atoms with Gasteiger partial charge in [-0.15, -0.1) is 0 Å². The smallest absolute Gasteiger partial charge is 0.342 e. The van der Waals surface area contributed by atoms with Crippen molar-refractivity contribution >= 4 is 41.0 Å². The van der Waals surface area contributed by atoms with Crippen molar-refractivity contribution in [2.24, 2.45) is 0 Å². The summed E-state index contributed by atoms with van der Waals surface area (Å²) in [7, 11) is 0. The molecular weight excluding hydrogens is 475 g/mol. The number of nitrogens with two attached hydrogens (primary N) is 1. The van der Waals surface area contributed by atoms with Gasteiger partial charge in [0.2, 0.25) is 0 Å². The minimum Gasteiger partial charge on any atom is -0.490 e. The normalized spacial score (nSPS) is 10.6. The number of benzene rings is 2. The molecule has 172 valence electrons. The number of rotatable bonds is 8. The average Bonchev–Trinajstić information content (AvgIpc) is 2.73. The minimum atomic E-state index is -1.64. The number of halogens is 2. The van der Waals surface area contributed by atoms with Crippen molar-refractivity contribution in [1.29, 1.82) is 0 Å². The number of H-pyrrole nitrogens is 1. The molecular formula is C22H18Cl2N2O7. The Balaban J connectivity index is 2.20. The number of aromatic carboxylic acids is 2. The van der Waals surface area contributed by atoms with Gasteiger partial charge in [0.1, 0.15) is 23.6 Å². The molecule has 2 aromatic carbocycles. The maximum atomic E-state index is 12.3. The molecule has 33 heavy (non-hydrogen) atoms. The summed E-state index contributed by atoms with van der Waals surface area (Å²) in [5.41, 5.74) is 3.52. The van der Waals surface area contributed by atoms with Crippen molar-refractivity contribution in [2.45, 2.75) is 13.5 Å². The first-order valence-electron chi connectivity index (χ1n) is 9.50. The fourth-order valence-electron chi connectivity index (χ4n) is 3.22. The second-order valence-electron chi connectivity index (χ2n) is 6.70. The first-order valence-corrected chi connectivity index (χ1v) is 10.3. The summed E-state index contributed by atoms with van der Waals surface area (Å²) in [6.07, 6.45) is 0. The lowest BCUT2D eigenvalue weighted by Gasteiger charge is -2.18. The van der Waals surface area contributed by atoms with Crippen LogP contribution in [0.1, 0.15) is 33.2 Å². The van der Waals surface area contributed by atoms with Gasteiger partial charge in [-0.3, -0.25) is 4.79 Å². The Labute approximate surface area is 197 Å². The maximum absolute atomic E-state index is 12.3. The van der Waals surface area contributed by atoms with Crippen LogP contribution in [0.4, 0.5) is 5.82 Å². The van der Waals surface area contributed by atoms with E-state index < -0.39 is 40.0 Å². The van der Waals surface area contributed by atoms with E-state index in [1.807, 2.05) is 4.98 Å². The van der Waals surface area contributed by atoms with Gasteiger partial charge >= 0.3 is 11.9 Å². The van der Waals surface area contributed by atoms with Crippen molar-refractivity contribution < 1.29 is 29.3 Å². The molecule has 0 aliphatic rings. The highest BCUT2D eigenvalue weighted by atomic mass is 35.5. The number of aromatic nitrogens is 1. The summed E-state index contributed by atoms with van der Waals surface area (Å²) in [6, 6.07) is 9.64. The zero-order chi connectivity index (χ0) is 24.3. The topological polar surface area (TPSA) is 152 Å². The van der Waals surface area contributed by atoms with E-state index in [0.29, 0.717) is 10.6 Å². The van der Waals surface area contributed by atoms with Gasteiger partial charge in [0.15, 0.2) is 11.5 Å². The molecule has 5 N–H and O–H groups in total. The third-order valence-electron chi connectivity index (χ3n) is 4.60. The molecule has 0 unspecified atom stereocenters. The van der Waals surface area contributed by atoms with Gasteiger partial charge in [-0.25, -0.2) is 9.59 Å². The van der Waals surface area contributed by atoms with Crippen molar-refractivity contribution in [3.8, 4) is 22.6 Å². The second-order valence-corrected chi connectivity index (χ2v) is 7.52. The van der Waals surface area contributed by atoms with Crippen LogP contribution in [0.15, 0.2) is 41.2 Å². The van der Waals surface area contributed by atoms with Gasteiger partial charge in [-0.1, -0.05) is 41.4 Å². The van der Waals surface area contributed by atoms with Gasteiger partial charge in [0.25, 0.3) is 5.56 Å². The van der Waals surface area contributed by atoms with Crippen LogP contribution in [-0.4, -0.2) is 33.7 Å². The Morgan fingerprint density at radius 1 is 1.03 bits per heavy atom. The van der Waals surface area contributed by atoms with E-state index in [0.717, 1.165) is 0 Å². The number of carboxylic acids is 2. The number of nitrogen functional groups attached to an aromatic ring is 1. The molecule has 3 aromatic rings. The largest absolute Gasteiger partial charge is 0.490 e. The van der Waals surface area contributed by atoms with Crippen molar-refractivity contribution in [3.05, 3.63) is 73.5 Å². The number of carbonyl (C=O) groups is 2. The van der Waals surface area contributed by atoms with E-state index in [2.05, 4.69) is 0 Å². The molecule has 1 aromatic heterocycles. The molecule has 0 bridgehead atoms. The summed E-state index contributed by atoms with van der Waals surface area (Å²) >= 11 is 12.6. The molecule has 0 fully saturated rings. The lowest BCUT2D eigenvalue weighted by Crippen LogP contribution is -2.24. The number of anilines is 1. The van der Waals surface area contributed by atoms with Gasteiger partial charge in [-0.05, 0) is 30.7 Å². The molecule has 0 amide bonds. The molecule has 9 nitrogen and oxygen atoms in total. The number of aromatic amines is 1. The SMILES string of the molecule is CCOc1cc(-c2c(C(=O)O)c(N)[nH]c(=O)c2C(=O)O)cc(Cl)c1OCc1ccccc1Cl. The van der Waals surface area contributed by atoms with Crippen LogP contribution in [0.2, 0.25) is 10.0 Å². The monoisotopic (exact) mass is 492 g/mol. The van der Waals surface area contributed by atoms with Crippen LogP contribution in [0.3, 0.4) is 0 Å². The molecule has 0 spiro atoms. The zero-order valence-corrected chi connectivity index (χ0v) is 18.7. The van der Waals surface area contributed by atoms with Crippen LogP contribution in [0.25, 0.3) is 11.1 Å². The number of carboxylic acid groups (broad SMARTS) is 2. The standard InChI is InChI=1S/C22H18Cl2N2O7/c1-2-32-14-8-11(7-13(24)18(14)33-9-10-5-3-4-6-12(10)23)15-16(21(28)29)19(25)26-20(27)17(15)22(30)31/h3-8H,2,9H2,1H3,(H,28,29)(H,30,31)(H3,25,26,27).